The number of hydrogen-bond donors (Lipinski definition) is 1. The molecular formula is C10H7FN2O2. The van der Waals surface area contributed by atoms with Crippen molar-refractivity contribution in [1.82, 2.24) is 4.98 Å². The number of anilines is 1. The van der Waals surface area contributed by atoms with E-state index in [-0.39, 0.29) is 5.91 Å². The van der Waals surface area contributed by atoms with E-state index < -0.39 is 5.82 Å². The second kappa shape index (κ2) is 3.91. The van der Waals surface area contributed by atoms with E-state index in [1.807, 2.05) is 0 Å². The third-order valence-electron chi connectivity index (χ3n) is 1.75. The number of nitrogens with zero attached hydrogens (tertiary/aromatic N) is 1. The van der Waals surface area contributed by atoms with E-state index in [1.54, 1.807) is 0 Å². The minimum atomic E-state index is -0.500. The lowest BCUT2D eigenvalue weighted by molar-refractivity contribution is 0.102. The molecular weight excluding hydrogens is 199 g/mol. The number of hydrogen-bond acceptors (Lipinski definition) is 3. The summed E-state index contributed by atoms with van der Waals surface area (Å²) in [5, 5.41) is 2.48. The highest BCUT2D eigenvalue weighted by Gasteiger charge is 2.07. The molecule has 0 radical (unpaired) electrons. The number of carbonyl (C=O) groups is 1. The van der Waals surface area contributed by atoms with Gasteiger partial charge in [0.2, 0.25) is 0 Å². The zero-order valence-corrected chi connectivity index (χ0v) is 7.61. The van der Waals surface area contributed by atoms with Gasteiger partial charge in [-0.1, -0.05) is 0 Å². The van der Waals surface area contributed by atoms with Crippen molar-refractivity contribution in [1.29, 1.82) is 0 Å². The van der Waals surface area contributed by atoms with Crippen LogP contribution in [0.25, 0.3) is 0 Å². The van der Waals surface area contributed by atoms with Gasteiger partial charge in [0.05, 0.1) is 29.9 Å². The summed E-state index contributed by atoms with van der Waals surface area (Å²) in [7, 11) is 0. The maximum atomic E-state index is 12.7. The van der Waals surface area contributed by atoms with E-state index in [1.165, 1.54) is 30.9 Å². The van der Waals surface area contributed by atoms with Crippen molar-refractivity contribution >= 4 is 11.6 Å². The molecule has 0 aromatic carbocycles. The molecule has 0 saturated carbocycles. The molecule has 0 aliphatic heterocycles. The van der Waals surface area contributed by atoms with Gasteiger partial charge < -0.3 is 9.73 Å². The van der Waals surface area contributed by atoms with Gasteiger partial charge in [0.1, 0.15) is 12.1 Å². The molecule has 1 amide bonds. The number of rotatable bonds is 2. The van der Waals surface area contributed by atoms with Crippen LogP contribution in [0, 0.1) is 5.82 Å². The summed E-state index contributed by atoms with van der Waals surface area (Å²) in [6.45, 7) is 0. The molecule has 0 bridgehead atoms. The van der Waals surface area contributed by atoms with Crippen LogP contribution in [-0.4, -0.2) is 10.9 Å². The lowest BCUT2D eigenvalue weighted by Crippen LogP contribution is -2.11. The fourth-order valence-electron chi connectivity index (χ4n) is 1.08. The zero-order valence-electron chi connectivity index (χ0n) is 7.61. The van der Waals surface area contributed by atoms with Crippen molar-refractivity contribution in [2.24, 2.45) is 0 Å². The second-order valence-corrected chi connectivity index (χ2v) is 2.86. The second-order valence-electron chi connectivity index (χ2n) is 2.86. The highest BCUT2D eigenvalue weighted by Crippen LogP contribution is 2.09. The van der Waals surface area contributed by atoms with E-state index in [0.29, 0.717) is 11.3 Å². The van der Waals surface area contributed by atoms with Crippen LogP contribution in [0.1, 0.15) is 10.4 Å². The minimum absolute atomic E-state index is 0.307. The highest BCUT2D eigenvalue weighted by atomic mass is 19.1. The Labute approximate surface area is 84.7 Å². The van der Waals surface area contributed by atoms with Gasteiger partial charge in [0.25, 0.3) is 5.91 Å². The van der Waals surface area contributed by atoms with Crippen LogP contribution in [0.2, 0.25) is 0 Å². The molecule has 2 aromatic rings. The predicted molar refractivity (Wildman–Crippen MR) is 50.9 cm³/mol. The van der Waals surface area contributed by atoms with Gasteiger partial charge in [-0.15, -0.1) is 0 Å². The first-order valence-electron chi connectivity index (χ1n) is 4.20. The van der Waals surface area contributed by atoms with Crippen LogP contribution < -0.4 is 5.32 Å². The van der Waals surface area contributed by atoms with Crippen molar-refractivity contribution in [3.05, 3.63) is 48.4 Å². The van der Waals surface area contributed by atoms with E-state index >= 15 is 0 Å². The van der Waals surface area contributed by atoms with Crippen LogP contribution in [0.15, 0.2) is 41.5 Å². The standard InChI is InChI=1S/C10H7FN2O2/c11-8-3-9(5-12-4-8)13-10(14)7-1-2-15-6-7/h1-6H,(H,13,14). The number of aromatic nitrogens is 1. The Kier molecular flexibility index (Phi) is 2.45. The molecule has 2 rings (SSSR count). The topological polar surface area (TPSA) is 55.1 Å². The van der Waals surface area contributed by atoms with Crippen LogP contribution in [0.5, 0.6) is 0 Å². The lowest BCUT2D eigenvalue weighted by atomic mass is 10.3. The Morgan fingerprint density at radius 2 is 2.33 bits per heavy atom. The summed E-state index contributed by atoms with van der Waals surface area (Å²) in [6.07, 6.45) is 5.12. The minimum Gasteiger partial charge on any atom is -0.472 e. The van der Waals surface area contributed by atoms with Crippen molar-refractivity contribution in [2.45, 2.75) is 0 Å². The van der Waals surface area contributed by atoms with E-state index in [9.17, 15) is 9.18 Å². The molecule has 0 atom stereocenters. The van der Waals surface area contributed by atoms with Crippen molar-refractivity contribution in [2.75, 3.05) is 5.32 Å². The molecule has 0 fully saturated rings. The predicted octanol–water partition coefficient (Wildman–Crippen LogP) is 2.07. The average Bonchev–Trinajstić information content (AvgIpc) is 2.70. The van der Waals surface area contributed by atoms with Gasteiger partial charge in [0.15, 0.2) is 0 Å². The Hall–Kier alpha value is -2.17. The number of furan rings is 1. The highest BCUT2D eigenvalue weighted by molar-refractivity contribution is 6.03. The van der Waals surface area contributed by atoms with Crippen molar-refractivity contribution in [3.8, 4) is 0 Å². The number of amides is 1. The van der Waals surface area contributed by atoms with Gasteiger partial charge in [-0.2, -0.15) is 0 Å². The molecule has 76 valence electrons. The Morgan fingerprint density at radius 3 is 3.00 bits per heavy atom. The summed E-state index contributed by atoms with van der Waals surface area (Å²) < 4.78 is 17.5. The Bertz CT molecular complexity index is 468. The van der Waals surface area contributed by atoms with Gasteiger partial charge in [-0.05, 0) is 6.07 Å². The maximum Gasteiger partial charge on any atom is 0.258 e. The molecule has 2 aromatic heterocycles. The van der Waals surface area contributed by atoms with Crippen LogP contribution in [0.3, 0.4) is 0 Å². The Morgan fingerprint density at radius 1 is 1.47 bits per heavy atom. The first-order chi connectivity index (χ1) is 7.25. The molecule has 0 aliphatic carbocycles. The zero-order chi connectivity index (χ0) is 10.7. The maximum absolute atomic E-state index is 12.7. The van der Waals surface area contributed by atoms with E-state index in [4.69, 9.17) is 4.42 Å². The third-order valence-corrected chi connectivity index (χ3v) is 1.75. The summed E-state index contributed by atoms with van der Waals surface area (Å²) in [5.74, 6) is -0.865. The smallest absolute Gasteiger partial charge is 0.258 e. The van der Waals surface area contributed by atoms with E-state index in [0.717, 1.165) is 6.20 Å². The monoisotopic (exact) mass is 206 g/mol. The van der Waals surface area contributed by atoms with E-state index in [2.05, 4.69) is 10.3 Å². The molecule has 0 unspecified atom stereocenters. The molecule has 0 saturated heterocycles. The first kappa shape index (κ1) is 9.39. The number of carbonyl (C=O) groups excluding carboxylic acids is 1. The summed E-state index contributed by atoms with van der Waals surface area (Å²) in [6, 6.07) is 2.70. The molecule has 5 heteroatoms. The quantitative estimate of drug-likeness (QED) is 0.818. The summed E-state index contributed by atoms with van der Waals surface area (Å²) in [5.41, 5.74) is 0.681. The fourth-order valence-corrected chi connectivity index (χ4v) is 1.08. The molecule has 4 nitrogen and oxygen atoms in total. The Balaban J connectivity index is 2.13. The lowest BCUT2D eigenvalue weighted by Gasteiger charge is -2.01. The number of pyridine rings is 1. The first-order valence-corrected chi connectivity index (χ1v) is 4.20. The van der Waals surface area contributed by atoms with Crippen LogP contribution >= 0.6 is 0 Å². The number of halogens is 1. The van der Waals surface area contributed by atoms with Gasteiger partial charge in [0, 0.05) is 6.07 Å². The molecule has 1 N–H and O–H groups in total. The van der Waals surface area contributed by atoms with Gasteiger partial charge >= 0.3 is 0 Å². The van der Waals surface area contributed by atoms with Gasteiger partial charge in [-0.3, -0.25) is 9.78 Å². The largest absolute Gasteiger partial charge is 0.472 e. The fraction of sp³-hybridized carbons (Fsp3) is 0. The molecule has 15 heavy (non-hydrogen) atoms. The normalized spacial score (nSPS) is 9.93. The number of nitrogens with one attached hydrogen (secondary N) is 1. The SMILES string of the molecule is O=C(Nc1cncc(F)c1)c1ccoc1. The van der Waals surface area contributed by atoms with Gasteiger partial charge in [-0.25, -0.2) is 4.39 Å². The van der Waals surface area contributed by atoms with Crippen LogP contribution in [-0.2, 0) is 0 Å². The third kappa shape index (κ3) is 2.19. The summed E-state index contributed by atoms with van der Waals surface area (Å²) >= 11 is 0. The molecule has 0 aliphatic rings. The van der Waals surface area contributed by atoms with Crippen molar-refractivity contribution in [3.63, 3.8) is 0 Å². The van der Waals surface area contributed by atoms with Crippen LogP contribution in [0.4, 0.5) is 10.1 Å². The average molecular weight is 206 g/mol. The molecule has 2 heterocycles. The van der Waals surface area contributed by atoms with Crippen molar-refractivity contribution < 1.29 is 13.6 Å². The molecule has 0 spiro atoms. The summed E-state index contributed by atoms with van der Waals surface area (Å²) in [4.78, 5) is 15.1.